The molecule has 0 N–H and O–H groups in total. The van der Waals surface area contributed by atoms with Gasteiger partial charge in [0.25, 0.3) is 6.10 Å². The van der Waals surface area contributed by atoms with E-state index in [0.29, 0.717) is 16.1 Å². The monoisotopic (exact) mass is 338 g/mol. The third-order valence-corrected chi connectivity index (χ3v) is 3.09. The number of fused-ring (bicyclic) bond motifs is 1. The topological polar surface area (TPSA) is 87.6 Å². The summed E-state index contributed by atoms with van der Waals surface area (Å²) in [5.74, 6) is -1.49. The first-order valence-electron chi connectivity index (χ1n) is 6.97. The number of ether oxygens (including phenoxy) is 3. The van der Waals surface area contributed by atoms with E-state index in [-0.39, 0.29) is 19.0 Å². The molecule has 122 valence electrons. The van der Waals surface area contributed by atoms with Crippen LogP contribution in [0.1, 0.15) is 13.8 Å². The zero-order valence-electron chi connectivity index (χ0n) is 12.6. The van der Waals surface area contributed by atoms with Crippen molar-refractivity contribution in [3.05, 3.63) is 29.5 Å². The number of hydrogen-bond acceptors (Lipinski definition) is 7. The SMILES string of the molecule is CCOC(=O)C(Oc1ccc(Cl)c2nccnc12)C(=O)OCC. The average molecular weight is 339 g/mol. The predicted molar refractivity (Wildman–Crippen MR) is 82.2 cm³/mol. The van der Waals surface area contributed by atoms with Gasteiger partial charge in [0.15, 0.2) is 0 Å². The van der Waals surface area contributed by atoms with E-state index in [1.165, 1.54) is 18.5 Å². The highest BCUT2D eigenvalue weighted by Gasteiger charge is 2.32. The third kappa shape index (κ3) is 3.87. The van der Waals surface area contributed by atoms with Crippen molar-refractivity contribution in [3.63, 3.8) is 0 Å². The molecular weight excluding hydrogens is 324 g/mol. The van der Waals surface area contributed by atoms with Crippen LogP contribution in [0.15, 0.2) is 24.5 Å². The lowest BCUT2D eigenvalue weighted by Gasteiger charge is -2.17. The van der Waals surface area contributed by atoms with Gasteiger partial charge in [-0.25, -0.2) is 14.6 Å². The summed E-state index contributed by atoms with van der Waals surface area (Å²) in [6.45, 7) is 3.48. The summed E-state index contributed by atoms with van der Waals surface area (Å²) in [5, 5.41) is 0.379. The summed E-state index contributed by atoms with van der Waals surface area (Å²) in [6.07, 6.45) is 1.39. The maximum Gasteiger partial charge on any atom is 0.359 e. The Bertz CT molecular complexity index is 704. The van der Waals surface area contributed by atoms with Crippen LogP contribution in [0.2, 0.25) is 5.02 Å². The Morgan fingerprint density at radius 2 is 1.61 bits per heavy atom. The van der Waals surface area contributed by atoms with Gasteiger partial charge in [-0.1, -0.05) is 11.6 Å². The van der Waals surface area contributed by atoms with E-state index in [0.717, 1.165) is 0 Å². The van der Waals surface area contributed by atoms with Crippen LogP contribution in [0.5, 0.6) is 5.75 Å². The normalized spacial score (nSPS) is 10.6. The standard InChI is InChI=1S/C15H15ClN2O5/c1-3-21-14(19)13(15(20)22-4-2)23-10-6-5-9(16)11-12(10)18-8-7-17-11/h5-8,13H,3-4H2,1-2H3. The van der Waals surface area contributed by atoms with E-state index < -0.39 is 18.0 Å². The number of carbonyl (C=O) groups is 2. The zero-order valence-corrected chi connectivity index (χ0v) is 13.4. The maximum atomic E-state index is 12.0. The molecule has 0 aliphatic carbocycles. The molecule has 2 aromatic rings. The zero-order chi connectivity index (χ0) is 16.8. The van der Waals surface area contributed by atoms with Gasteiger partial charge in [-0.3, -0.25) is 4.98 Å². The van der Waals surface area contributed by atoms with Crippen LogP contribution in [-0.4, -0.2) is 41.2 Å². The van der Waals surface area contributed by atoms with E-state index in [1.807, 2.05) is 0 Å². The molecule has 0 amide bonds. The number of carbonyl (C=O) groups excluding carboxylic acids is 2. The fourth-order valence-corrected chi connectivity index (χ4v) is 2.05. The molecule has 0 radical (unpaired) electrons. The number of hydrogen-bond donors (Lipinski definition) is 0. The van der Waals surface area contributed by atoms with Crippen LogP contribution in [0.25, 0.3) is 11.0 Å². The second-order valence-electron chi connectivity index (χ2n) is 4.30. The molecule has 1 heterocycles. The Balaban J connectivity index is 2.38. The summed E-state index contributed by atoms with van der Waals surface area (Å²) in [7, 11) is 0. The fourth-order valence-electron chi connectivity index (χ4n) is 1.85. The Morgan fingerprint density at radius 1 is 1.04 bits per heavy atom. The van der Waals surface area contributed by atoms with Crippen molar-refractivity contribution >= 4 is 34.6 Å². The quantitative estimate of drug-likeness (QED) is 0.589. The largest absolute Gasteiger partial charge is 0.464 e. The molecule has 1 aromatic heterocycles. The number of esters is 2. The second-order valence-corrected chi connectivity index (χ2v) is 4.71. The molecular formula is C15H15ClN2O5. The van der Waals surface area contributed by atoms with Crippen molar-refractivity contribution in [2.45, 2.75) is 20.0 Å². The van der Waals surface area contributed by atoms with Crippen LogP contribution in [0.4, 0.5) is 0 Å². The van der Waals surface area contributed by atoms with Crippen molar-refractivity contribution in [2.75, 3.05) is 13.2 Å². The number of benzene rings is 1. The Morgan fingerprint density at radius 3 is 2.17 bits per heavy atom. The van der Waals surface area contributed by atoms with Crippen LogP contribution in [0.3, 0.4) is 0 Å². The highest BCUT2D eigenvalue weighted by atomic mass is 35.5. The summed E-state index contributed by atoms with van der Waals surface area (Å²) >= 11 is 6.05. The lowest BCUT2D eigenvalue weighted by atomic mass is 10.2. The first-order valence-corrected chi connectivity index (χ1v) is 7.35. The summed E-state index contributed by atoms with van der Waals surface area (Å²) in [6, 6.07) is 3.05. The minimum Gasteiger partial charge on any atom is -0.464 e. The van der Waals surface area contributed by atoms with Crippen LogP contribution >= 0.6 is 11.6 Å². The van der Waals surface area contributed by atoms with Gasteiger partial charge >= 0.3 is 11.9 Å². The molecule has 7 nitrogen and oxygen atoms in total. The van der Waals surface area contributed by atoms with E-state index >= 15 is 0 Å². The summed E-state index contributed by atoms with van der Waals surface area (Å²) < 4.78 is 15.2. The number of rotatable bonds is 6. The van der Waals surface area contributed by atoms with Crippen molar-refractivity contribution in [3.8, 4) is 5.75 Å². The highest BCUT2D eigenvalue weighted by molar-refractivity contribution is 6.35. The molecule has 0 unspecified atom stereocenters. The lowest BCUT2D eigenvalue weighted by molar-refractivity contribution is -0.166. The number of aromatic nitrogens is 2. The van der Waals surface area contributed by atoms with Gasteiger partial charge in [-0.15, -0.1) is 0 Å². The second kappa shape index (κ2) is 7.73. The van der Waals surface area contributed by atoms with Crippen molar-refractivity contribution < 1.29 is 23.8 Å². The van der Waals surface area contributed by atoms with E-state index in [9.17, 15) is 9.59 Å². The molecule has 23 heavy (non-hydrogen) atoms. The molecule has 0 bridgehead atoms. The van der Waals surface area contributed by atoms with Gasteiger partial charge in [0.1, 0.15) is 16.8 Å². The van der Waals surface area contributed by atoms with Gasteiger partial charge in [-0.05, 0) is 26.0 Å². The molecule has 2 rings (SSSR count). The minimum atomic E-state index is -1.54. The highest BCUT2D eigenvalue weighted by Crippen LogP contribution is 2.29. The molecule has 0 saturated carbocycles. The first-order chi connectivity index (χ1) is 11.1. The molecule has 0 aliphatic rings. The van der Waals surface area contributed by atoms with Crippen LogP contribution in [-0.2, 0) is 19.1 Å². The van der Waals surface area contributed by atoms with E-state index in [2.05, 4.69) is 9.97 Å². The summed E-state index contributed by atoms with van der Waals surface area (Å²) in [5.41, 5.74) is 0.733. The Labute approximate surface area is 137 Å². The van der Waals surface area contributed by atoms with E-state index in [4.69, 9.17) is 25.8 Å². The third-order valence-electron chi connectivity index (χ3n) is 2.79. The van der Waals surface area contributed by atoms with Gasteiger partial charge in [-0.2, -0.15) is 0 Å². The van der Waals surface area contributed by atoms with Gasteiger partial charge in [0.2, 0.25) is 0 Å². The first kappa shape index (κ1) is 17.0. The molecule has 8 heteroatoms. The average Bonchev–Trinajstić information content (AvgIpc) is 2.55. The summed E-state index contributed by atoms with van der Waals surface area (Å²) in [4.78, 5) is 32.1. The Hall–Kier alpha value is -2.41. The van der Waals surface area contributed by atoms with E-state index in [1.54, 1.807) is 19.9 Å². The molecule has 0 saturated heterocycles. The fraction of sp³-hybridized carbons (Fsp3) is 0.333. The van der Waals surface area contributed by atoms with Crippen molar-refractivity contribution in [1.29, 1.82) is 0 Å². The minimum absolute atomic E-state index is 0.110. The Kier molecular flexibility index (Phi) is 5.70. The van der Waals surface area contributed by atoms with Crippen LogP contribution < -0.4 is 4.74 Å². The van der Waals surface area contributed by atoms with Gasteiger partial charge < -0.3 is 14.2 Å². The van der Waals surface area contributed by atoms with Crippen molar-refractivity contribution in [1.82, 2.24) is 9.97 Å². The molecule has 0 fully saturated rings. The van der Waals surface area contributed by atoms with Gasteiger partial charge in [0.05, 0.1) is 18.2 Å². The molecule has 1 aromatic carbocycles. The predicted octanol–water partition coefficient (Wildman–Crippen LogP) is 2.16. The smallest absolute Gasteiger partial charge is 0.359 e. The van der Waals surface area contributed by atoms with Crippen molar-refractivity contribution in [2.24, 2.45) is 0 Å². The maximum absolute atomic E-state index is 12.0. The molecule has 0 spiro atoms. The number of halogens is 1. The van der Waals surface area contributed by atoms with Crippen LogP contribution in [0, 0.1) is 0 Å². The van der Waals surface area contributed by atoms with Gasteiger partial charge in [0, 0.05) is 12.4 Å². The molecule has 0 atom stereocenters. The number of nitrogens with zero attached hydrogens (tertiary/aromatic N) is 2. The lowest BCUT2D eigenvalue weighted by Crippen LogP contribution is -2.38. The molecule has 0 aliphatic heterocycles.